The molecule has 1 N–H and O–H groups in total. The lowest BCUT2D eigenvalue weighted by molar-refractivity contribution is 0.183. The number of anilines is 1. The predicted molar refractivity (Wildman–Crippen MR) is 77.1 cm³/mol. The first-order valence-electron chi connectivity index (χ1n) is 6.74. The van der Waals surface area contributed by atoms with E-state index >= 15 is 0 Å². The lowest BCUT2D eigenvalue weighted by Crippen LogP contribution is -2.33. The summed E-state index contributed by atoms with van der Waals surface area (Å²) in [6.45, 7) is 0.832. The van der Waals surface area contributed by atoms with E-state index in [1.165, 1.54) is 32.1 Å². The Labute approximate surface area is 115 Å². The van der Waals surface area contributed by atoms with E-state index in [-0.39, 0.29) is 0 Å². The molecule has 1 fully saturated rings. The summed E-state index contributed by atoms with van der Waals surface area (Å²) in [6.07, 6.45) is 6.71. The fraction of sp³-hybridized carbons (Fsp3) is 0.643. The van der Waals surface area contributed by atoms with E-state index in [2.05, 4.69) is 22.2 Å². The maximum absolute atomic E-state index is 6.22. The molecular formula is C14H22ClN3. The molecule has 18 heavy (non-hydrogen) atoms. The van der Waals surface area contributed by atoms with Crippen molar-refractivity contribution in [3.05, 3.63) is 22.8 Å². The third-order valence-corrected chi connectivity index (χ3v) is 4.12. The van der Waals surface area contributed by atoms with E-state index in [1.54, 1.807) is 0 Å². The molecular weight excluding hydrogens is 246 g/mol. The highest BCUT2D eigenvalue weighted by molar-refractivity contribution is 6.31. The molecule has 0 aliphatic heterocycles. The lowest BCUT2D eigenvalue weighted by atomic mass is 9.94. The number of halogens is 1. The maximum Gasteiger partial charge on any atom is 0.126 e. The van der Waals surface area contributed by atoms with E-state index in [1.807, 2.05) is 19.2 Å². The van der Waals surface area contributed by atoms with E-state index in [4.69, 9.17) is 11.6 Å². The average molecular weight is 268 g/mol. The number of rotatable bonds is 4. The summed E-state index contributed by atoms with van der Waals surface area (Å²) in [5, 5.41) is 3.82. The zero-order valence-corrected chi connectivity index (χ0v) is 12.0. The molecule has 3 nitrogen and oxygen atoms in total. The number of nitrogens with one attached hydrogen (secondary N) is 1. The van der Waals surface area contributed by atoms with Crippen molar-refractivity contribution in [2.75, 3.05) is 19.4 Å². The van der Waals surface area contributed by atoms with E-state index in [9.17, 15) is 0 Å². The normalized spacial score (nSPS) is 17.1. The van der Waals surface area contributed by atoms with Gasteiger partial charge in [0.1, 0.15) is 5.82 Å². The fourth-order valence-electron chi connectivity index (χ4n) is 2.62. The molecule has 0 amide bonds. The number of nitrogens with zero attached hydrogens (tertiary/aromatic N) is 2. The van der Waals surface area contributed by atoms with Gasteiger partial charge in [0.15, 0.2) is 0 Å². The zero-order valence-electron chi connectivity index (χ0n) is 11.2. The Kier molecular flexibility index (Phi) is 4.84. The smallest absolute Gasteiger partial charge is 0.126 e. The van der Waals surface area contributed by atoms with Gasteiger partial charge in [0, 0.05) is 19.6 Å². The molecule has 0 aromatic carbocycles. The second kappa shape index (κ2) is 6.39. The second-order valence-electron chi connectivity index (χ2n) is 5.08. The molecule has 1 saturated carbocycles. The molecule has 1 aromatic rings. The van der Waals surface area contributed by atoms with Gasteiger partial charge in [-0.2, -0.15) is 0 Å². The van der Waals surface area contributed by atoms with Crippen molar-refractivity contribution in [1.29, 1.82) is 0 Å². The van der Waals surface area contributed by atoms with Gasteiger partial charge in [0.05, 0.1) is 10.7 Å². The van der Waals surface area contributed by atoms with Crippen LogP contribution >= 0.6 is 11.6 Å². The van der Waals surface area contributed by atoms with Gasteiger partial charge in [-0.25, -0.2) is 4.98 Å². The first kappa shape index (κ1) is 13.6. The number of aromatic nitrogens is 1. The molecule has 0 radical (unpaired) electrons. The number of hydrogen-bond acceptors (Lipinski definition) is 3. The van der Waals surface area contributed by atoms with Crippen molar-refractivity contribution in [3.63, 3.8) is 0 Å². The summed E-state index contributed by atoms with van der Waals surface area (Å²) >= 11 is 6.22. The quantitative estimate of drug-likeness (QED) is 0.904. The second-order valence-corrected chi connectivity index (χ2v) is 5.49. The van der Waals surface area contributed by atoms with Crippen LogP contribution < -0.4 is 5.32 Å². The van der Waals surface area contributed by atoms with Gasteiger partial charge in [-0.05, 0) is 32.0 Å². The van der Waals surface area contributed by atoms with Gasteiger partial charge in [-0.15, -0.1) is 0 Å². The Bertz CT molecular complexity index is 389. The highest BCUT2D eigenvalue weighted by atomic mass is 35.5. The van der Waals surface area contributed by atoms with Gasteiger partial charge in [-0.1, -0.05) is 30.9 Å². The van der Waals surface area contributed by atoms with Crippen LogP contribution in [0.15, 0.2) is 12.1 Å². The van der Waals surface area contributed by atoms with Crippen molar-refractivity contribution < 1.29 is 0 Å². The lowest BCUT2D eigenvalue weighted by Gasteiger charge is -2.31. The molecule has 1 aliphatic rings. The van der Waals surface area contributed by atoms with Crippen LogP contribution in [0.2, 0.25) is 5.02 Å². The average Bonchev–Trinajstić information content (AvgIpc) is 2.42. The fourth-order valence-corrected chi connectivity index (χ4v) is 2.79. The van der Waals surface area contributed by atoms with Crippen LogP contribution in [0, 0.1) is 0 Å². The summed E-state index contributed by atoms with van der Waals surface area (Å²) in [6, 6.07) is 4.52. The monoisotopic (exact) mass is 267 g/mol. The van der Waals surface area contributed by atoms with Gasteiger partial charge in [-0.3, -0.25) is 4.90 Å². The minimum Gasteiger partial charge on any atom is -0.373 e. The topological polar surface area (TPSA) is 28.2 Å². The van der Waals surface area contributed by atoms with Crippen molar-refractivity contribution in [2.24, 2.45) is 0 Å². The van der Waals surface area contributed by atoms with Crippen LogP contribution in [-0.4, -0.2) is 30.0 Å². The minimum atomic E-state index is 0.690. The molecule has 4 heteroatoms. The summed E-state index contributed by atoms with van der Waals surface area (Å²) in [4.78, 5) is 6.94. The molecule has 0 unspecified atom stereocenters. The van der Waals surface area contributed by atoms with Gasteiger partial charge < -0.3 is 5.32 Å². The highest BCUT2D eigenvalue weighted by Crippen LogP contribution is 2.24. The molecule has 1 aromatic heterocycles. The first-order chi connectivity index (χ1) is 8.70. The van der Waals surface area contributed by atoms with Crippen molar-refractivity contribution in [3.8, 4) is 0 Å². The van der Waals surface area contributed by atoms with Crippen LogP contribution in [0.3, 0.4) is 0 Å². The van der Waals surface area contributed by atoms with E-state index in [0.717, 1.165) is 23.1 Å². The Balaban J connectivity index is 2.03. The van der Waals surface area contributed by atoms with Crippen molar-refractivity contribution in [1.82, 2.24) is 9.88 Å². The molecule has 0 bridgehead atoms. The third-order valence-electron chi connectivity index (χ3n) is 3.77. The summed E-state index contributed by atoms with van der Waals surface area (Å²) < 4.78 is 0. The Morgan fingerprint density at radius 1 is 1.33 bits per heavy atom. The predicted octanol–water partition coefficient (Wildman–Crippen LogP) is 3.54. The molecule has 2 rings (SSSR count). The van der Waals surface area contributed by atoms with Crippen LogP contribution in [0.5, 0.6) is 0 Å². The Hall–Kier alpha value is -0.800. The van der Waals surface area contributed by atoms with Crippen molar-refractivity contribution >= 4 is 17.4 Å². The van der Waals surface area contributed by atoms with Crippen LogP contribution in [-0.2, 0) is 6.54 Å². The van der Waals surface area contributed by atoms with Gasteiger partial charge >= 0.3 is 0 Å². The van der Waals surface area contributed by atoms with Crippen LogP contribution in [0.1, 0.15) is 37.8 Å². The van der Waals surface area contributed by atoms with E-state index < -0.39 is 0 Å². The molecule has 1 heterocycles. The number of hydrogen-bond donors (Lipinski definition) is 1. The SMILES string of the molecule is CNc1ccc(Cl)c(CN(C)C2CCCCC2)n1. The standard InChI is InChI=1S/C14H22ClN3/c1-16-14-9-8-12(15)13(17-14)10-18(2)11-6-4-3-5-7-11/h8-9,11H,3-7,10H2,1-2H3,(H,16,17). The zero-order chi connectivity index (χ0) is 13.0. The largest absolute Gasteiger partial charge is 0.373 e. The van der Waals surface area contributed by atoms with E-state index in [0.29, 0.717) is 6.04 Å². The number of pyridine rings is 1. The van der Waals surface area contributed by atoms with Crippen LogP contribution in [0.25, 0.3) is 0 Å². The van der Waals surface area contributed by atoms with Gasteiger partial charge in [0.2, 0.25) is 0 Å². The van der Waals surface area contributed by atoms with Crippen LogP contribution in [0.4, 0.5) is 5.82 Å². The molecule has 1 aliphatic carbocycles. The highest BCUT2D eigenvalue weighted by Gasteiger charge is 2.19. The summed E-state index contributed by atoms with van der Waals surface area (Å²) in [5.41, 5.74) is 0.969. The summed E-state index contributed by atoms with van der Waals surface area (Å²) in [5.74, 6) is 0.881. The molecule has 0 spiro atoms. The Morgan fingerprint density at radius 2 is 2.06 bits per heavy atom. The third kappa shape index (κ3) is 3.36. The first-order valence-corrected chi connectivity index (χ1v) is 7.12. The maximum atomic E-state index is 6.22. The van der Waals surface area contributed by atoms with Gasteiger partial charge in [0.25, 0.3) is 0 Å². The molecule has 0 saturated heterocycles. The Morgan fingerprint density at radius 3 is 2.72 bits per heavy atom. The molecule has 0 atom stereocenters. The molecule has 100 valence electrons. The summed E-state index contributed by atoms with van der Waals surface area (Å²) in [7, 11) is 4.06. The minimum absolute atomic E-state index is 0.690. The van der Waals surface area contributed by atoms with Crippen molar-refractivity contribution in [2.45, 2.75) is 44.7 Å².